The minimum Gasteiger partial charge on any atom is -0.317 e. The Bertz CT molecular complexity index is 1150. The standard InChI is InChI=1S/C23H23F3N4O2/c1-12(2)19-11-20(30(29-19)13(3)4)28-23(32)22(31)27-18-8-6-5-7-15(18)14-9-16(24)21(26)17(25)10-14/h5-13H,1-4H3,(H,27,31)(H,28,32). The Morgan fingerprint density at radius 3 is 2.09 bits per heavy atom. The first-order valence-electron chi connectivity index (χ1n) is 10.0. The smallest absolute Gasteiger partial charge is 0.315 e. The summed E-state index contributed by atoms with van der Waals surface area (Å²) in [5, 5.41) is 9.45. The van der Waals surface area contributed by atoms with Gasteiger partial charge in [-0.2, -0.15) is 5.10 Å². The Hall–Kier alpha value is -3.62. The van der Waals surface area contributed by atoms with Crippen LogP contribution in [0.25, 0.3) is 11.1 Å². The van der Waals surface area contributed by atoms with Crippen LogP contribution in [0.4, 0.5) is 24.7 Å². The van der Waals surface area contributed by atoms with Crippen LogP contribution in [0.1, 0.15) is 45.3 Å². The van der Waals surface area contributed by atoms with E-state index in [0.29, 0.717) is 5.82 Å². The quantitative estimate of drug-likeness (QED) is 0.417. The highest BCUT2D eigenvalue weighted by Gasteiger charge is 2.21. The summed E-state index contributed by atoms with van der Waals surface area (Å²) in [5.41, 5.74) is 1.14. The number of rotatable bonds is 5. The molecule has 3 rings (SSSR count). The Balaban J connectivity index is 1.84. The third-order valence-electron chi connectivity index (χ3n) is 4.75. The maximum atomic E-state index is 13.7. The second-order valence-electron chi connectivity index (χ2n) is 7.86. The van der Waals surface area contributed by atoms with Crippen LogP contribution in [-0.4, -0.2) is 21.6 Å². The molecule has 0 aliphatic heterocycles. The fourth-order valence-electron chi connectivity index (χ4n) is 3.09. The summed E-state index contributed by atoms with van der Waals surface area (Å²) < 4.78 is 42.3. The van der Waals surface area contributed by atoms with E-state index >= 15 is 0 Å². The van der Waals surface area contributed by atoms with Gasteiger partial charge in [-0.3, -0.25) is 9.59 Å². The molecule has 32 heavy (non-hydrogen) atoms. The molecule has 0 radical (unpaired) electrons. The van der Waals surface area contributed by atoms with Crippen LogP contribution in [0.2, 0.25) is 0 Å². The van der Waals surface area contributed by atoms with Gasteiger partial charge >= 0.3 is 11.8 Å². The monoisotopic (exact) mass is 444 g/mol. The fourth-order valence-corrected chi connectivity index (χ4v) is 3.09. The Labute approximate surface area is 183 Å². The number of hydrogen-bond acceptors (Lipinski definition) is 3. The fraction of sp³-hybridized carbons (Fsp3) is 0.261. The lowest BCUT2D eigenvalue weighted by Crippen LogP contribution is -2.30. The first kappa shape index (κ1) is 23.1. The normalized spacial score (nSPS) is 11.2. The van der Waals surface area contributed by atoms with Gasteiger partial charge in [0.1, 0.15) is 5.82 Å². The average Bonchev–Trinajstić information content (AvgIpc) is 3.16. The van der Waals surface area contributed by atoms with Crippen molar-refractivity contribution in [2.45, 2.75) is 39.7 Å². The highest BCUT2D eigenvalue weighted by atomic mass is 19.2. The van der Waals surface area contributed by atoms with E-state index in [9.17, 15) is 22.8 Å². The predicted octanol–water partition coefficient (Wildman–Crippen LogP) is 5.25. The number of halogens is 3. The van der Waals surface area contributed by atoms with Gasteiger partial charge in [-0.1, -0.05) is 32.0 Å². The molecular formula is C23H23F3N4O2. The zero-order chi connectivity index (χ0) is 23.6. The molecule has 0 fully saturated rings. The Kier molecular flexibility index (Phi) is 6.67. The molecule has 0 aliphatic rings. The third-order valence-corrected chi connectivity index (χ3v) is 4.75. The summed E-state index contributed by atoms with van der Waals surface area (Å²) in [6.45, 7) is 7.71. The van der Waals surface area contributed by atoms with Gasteiger partial charge in [0.05, 0.1) is 5.69 Å². The summed E-state index contributed by atoms with van der Waals surface area (Å²) in [5.74, 6) is -5.72. The number of anilines is 2. The molecule has 168 valence electrons. The molecule has 9 heteroatoms. The molecule has 1 aromatic heterocycles. The van der Waals surface area contributed by atoms with Crippen LogP contribution in [-0.2, 0) is 9.59 Å². The second-order valence-corrected chi connectivity index (χ2v) is 7.86. The number of para-hydroxylation sites is 1. The third kappa shape index (κ3) is 4.82. The number of nitrogens with zero attached hydrogens (tertiary/aromatic N) is 2. The molecule has 6 nitrogen and oxygen atoms in total. The van der Waals surface area contributed by atoms with Crippen molar-refractivity contribution in [3.05, 3.63) is 65.6 Å². The molecule has 2 N–H and O–H groups in total. The SMILES string of the molecule is CC(C)c1cc(NC(=O)C(=O)Nc2ccccc2-c2cc(F)c(F)c(F)c2)n(C(C)C)n1. The maximum Gasteiger partial charge on any atom is 0.315 e. The summed E-state index contributed by atoms with van der Waals surface area (Å²) in [7, 11) is 0. The number of nitrogens with one attached hydrogen (secondary N) is 2. The molecule has 0 saturated carbocycles. The lowest BCUT2D eigenvalue weighted by Gasteiger charge is -2.13. The molecule has 0 atom stereocenters. The summed E-state index contributed by atoms with van der Waals surface area (Å²) in [6.07, 6.45) is 0. The minimum absolute atomic E-state index is 0.0113. The van der Waals surface area contributed by atoms with Gasteiger partial charge in [-0.15, -0.1) is 0 Å². The molecule has 0 unspecified atom stereocenters. The van der Waals surface area contributed by atoms with E-state index in [1.54, 1.807) is 22.9 Å². The van der Waals surface area contributed by atoms with E-state index in [-0.39, 0.29) is 28.8 Å². The van der Waals surface area contributed by atoms with Crippen molar-refractivity contribution in [2.75, 3.05) is 10.6 Å². The van der Waals surface area contributed by atoms with Crippen LogP contribution in [0.15, 0.2) is 42.5 Å². The van der Waals surface area contributed by atoms with Gasteiger partial charge in [0.15, 0.2) is 17.5 Å². The van der Waals surface area contributed by atoms with Crippen molar-refractivity contribution in [1.82, 2.24) is 9.78 Å². The van der Waals surface area contributed by atoms with Gasteiger partial charge in [0.2, 0.25) is 0 Å². The number of benzene rings is 2. The summed E-state index contributed by atoms with van der Waals surface area (Å²) in [6, 6.07) is 9.40. The van der Waals surface area contributed by atoms with Gasteiger partial charge in [0, 0.05) is 23.4 Å². The number of amides is 2. The highest BCUT2D eigenvalue weighted by molar-refractivity contribution is 6.43. The van der Waals surface area contributed by atoms with Crippen LogP contribution in [0.5, 0.6) is 0 Å². The van der Waals surface area contributed by atoms with Crippen molar-refractivity contribution in [3.63, 3.8) is 0 Å². The number of carbonyl (C=O) groups excluding carboxylic acids is 2. The van der Waals surface area contributed by atoms with Crippen molar-refractivity contribution in [3.8, 4) is 11.1 Å². The molecule has 0 saturated heterocycles. The van der Waals surface area contributed by atoms with E-state index in [2.05, 4.69) is 15.7 Å². The average molecular weight is 444 g/mol. The first-order chi connectivity index (χ1) is 15.1. The zero-order valence-corrected chi connectivity index (χ0v) is 18.0. The van der Waals surface area contributed by atoms with E-state index in [1.807, 2.05) is 27.7 Å². The van der Waals surface area contributed by atoms with Gasteiger partial charge < -0.3 is 10.6 Å². The van der Waals surface area contributed by atoms with Crippen LogP contribution >= 0.6 is 0 Å². The van der Waals surface area contributed by atoms with Crippen molar-refractivity contribution in [1.29, 1.82) is 0 Å². The van der Waals surface area contributed by atoms with Gasteiger partial charge in [0.25, 0.3) is 0 Å². The number of carbonyl (C=O) groups is 2. The number of hydrogen-bond donors (Lipinski definition) is 2. The van der Waals surface area contributed by atoms with E-state index < -0.39 is 29.3 Å². The minimum atomic E-state index is -1.59. The Morgan fingerprint density at radius 1 is 0.906 bits per heavy atom. The lowest BCUT2D eigenvalue weighted by molar-refractivity contribution is -0.133. The predicted molar refractivity (Wildman–Crippen MR) is 116 cm³/mol. The van der Waals surface area contributed by atoms with E-state index in [0.717, 1.165) is 17.8 Å². The molecule has 0 spiro atoms. The van der Waals surface area contributed by atoms with Crippen molar-refractivity contribution >= 4 is 23.3 Å². The molecule has 3 aromatic rings. The first-order valence-corrected chi connectivity index (χ1v) is 10.0. The molecular weight excluding hydrogens is 421 g/mol. The number of aromatic nitrogens is 2. The molecule has 2 aromatic carbocycles. The van der Waals surface area contributed by atoms with Crippen LogP contribution in [0.3, 0.4) is 0 Å². The molecule has 1 heterocycles. The summed E-state index contributed by atoms with van der Waals surface area (Å²) >= 11 is 0. The zero-order valence-electron chi connectivity index (χ0n) is 18.0. The Morgan fingerprint density at radius 2 is 1.50 bits per heavy atom. The van der Waals surface area contributed by atoms with Crippen molar-refractivity contribution < 1.29 is 22.8 Å². The van der Waals surface area contributed by atoms with E-state index in [4.69, 9.17) is 0 Å². The van der Waals surface area contributed by atoms with Gasteiger partial charge in [-0.25, -0.2) is 17.9 Å². The molecule has 2 amide bonds. The van der Waals surface area contributed by atoms with Crippen LogP contribution in [0, 0.1) is 17.5 Å². The maximum absolute atomic E-state index is 13.7. The van der Waals surface area contributed by atoms with Crippen LogP contribution < -0.4 is 10.6 Å². The highest BCUT2D eigenvalue weighted by Crippen LogP contribution is 2.30. The largest absolute Gasteiger partial charge is 0.317 e. The van der Waals surface area contributed by atoms with Crippen molar-refractivity contribution in [2.24, 2.45) is 0 Å². The van der Waals surface area contributed by atoms with Gasteiger partial charge in [-0.05, 0) is 43.5 Å². The topological polar surface area (TPSA) is 76.0 Å². The molecule has 0 bridgehead atoms. The lowest BCUT2D eigenvalue weighted by atomic mass is 10.0. The summed E-state index contributed by atoms with van der Waals surface area (Å²) in [4.78, 5) is 25.1. The molecule has 0 aliphatic carbocycles. The second kappa shape index (κ2) is 9.25. The van der Waals surface area contributed by atoms with E-state index in [1.165, 1.54) is 12.1 Å².